The highest BCUT2D eigenvalue weighted by Gasteiger charge is 2.43. The number of aryl methyl sites for hydroxylation is 1. The number of benzene rings is 2. The molecule has 0 radical (unpaired) electrons. The van der Waals surface area contributed by atoms with Crippen LogP contribution in [-0.4, -0.2) is 61.6 Å². The van der Waals surface area contributed by atoms with E-state index in [1.54, 1.807) is 17.0 Å². The second kappa shape index (κ2) is 12.4. The summed E-state index contributed by atoms with van der Waals surface area (Å²) in [5, 5.41) is 14.3. The Balaban J connectivity index is 1.15. The summed E-state index contributed by atoms with van der Waals surface area (Å²) < 4.78 is 38.1. The summed E-state index contributed by atoms with van der Waals surface area (Å²) in [4.78, 5) is 15.3. The van der Waals surface area contributed by atoms with Crippen LogP contribution in [0, 0.1) is 12.8 Å². The van der Waals surface area contributed by atoms with E-state index in [4.69, 9.17) is 21.1 Å². The van der Waals surface area contributed by atoms with Crippen LogP contribution in [-0.2, 0) is 10.0 Å². The Bertz CT molecular complexity index is 1550. The highest BCUT2D eigenvalue weighted by atomic mass is 35.5. The number of hydrogen-bond acceptors (Lipinski definition) is 7. The second-order valence-corrected chi connectivity index (χ2v) is 14.0. The van der Waals surface area contributed by atoms with Crippen LogP contribution < -0.4 is 19.5 Å². The first kappa shape index (κ1) is 29.7. The van der Waals surface area contributed by atoms with Gasteiger partial charge in [-0.15, -0.1) is 0 Å². The van der Waals surface area contributed by atoms with Gasteiger partial charge in [-0.05, 0) is 67.7 Å². The Morgan fingerprint density at radius 1 is 1.14 bits per heavy atom. The van der Waals surface area contributed by atoms with Gasteiger partial charge in [0.15, 0.2) is 0 Å². The van der Waals surface area contributed by atoms with Crippen LogP contribution in [0.2, 0.25) is 0 Å². The molecule has 1 fully saturated rings. The molecule has 0 bridgehead atoms. The Labute approximate surface area is 257 Å². The maximum absolute atomic E-state index is 13.5. The van der Waals surface area contributed by atoms with Crippen LogP contribution in [0.4, 0.5) is 4.79 Å². The average Bonchev–Trinajstić information content (AvgIpc) is 3.80. The minimum Gasteiger partial charge on any atom is -0.493 e. The molecule has 3 N–H and O–H groups in total. The van der Waals surface area contributed by atoms with Crippen molar-refractivity contribution in [2.24, 2.45) is 5.92 Å². The molecule has 1 saturated carbocycles. The van der Waals surface area contributed by atoms with Crippen LogP contribution in [0.3, 0.4) is 0 Å². The zero-order valence-electron chi connectivity index (χ0n) is 23.9. The summed E-state index contributed by atoms with van der Waals surface area (Å²) in [5.41, 5.74) is 4.21. The first-order valence-electron chi connectivity index (χ1n) is 14.7. The Hall–Kier alpha value is -3.31. The molecule has 6 rings (SSSR count). The fourth-order valence-corrected chi connectivity index (χ4v) is 7.44. The van der Waals surface area contributed by atoms with Gasteiger partial charge in [0.05, 0.1) is 24.0 Å². The number of rotatable bonds is 10. The van der Waals surface area contributed by atoms with Crippen molar-refractivity contribution in [1.29, 1.82) is 0 Å². The lowest BCUT2D eigenvalue weighted by Crippen LogP contribution is -2.43. The predicted octanol–water partition coefficient (Wildman–Crippen LogP) is 4.69. The number of ether oxygens (including phenoxy) is 2. The molecular weight excluding hydrogens is 590 g/mol. The Kier molecular flexibility index (Phi) is 8.55. The third-order valence-electron chi connectivity index (χ3n) is 8.33. The van der Waals surface area contributed by atoms with Crippen LogP contribution in [0.15, 0.2) is 83.1 Å². The van der Waals surface area contributed by atoms with Gasteiger partial charge in [0.1, 0.15) is 17.5 Å². The number of halogens is 1. The van der Waals surface area contributed by atoms with E-state index in [2.05, 4.69) is 22.2 Å². The molecular formula is C32H36ClN3O6S. The number of carbonyl (C=O) groups is 1. The number of nitrogens with one attached hydrogen (secondary N) is 2. The molecule has 0 spiro atoms. The van der Waals surface area contributed by atoms with Gasteiger partial charge in [-0.25, -0.2) is 17.9 Å². The highest BCUT2D eigenvalue weighted by molar-refractivity contribution is 7.90. The van der Waals surface area contributed by atoms with E-state index in [0.717, 1.165) is 16.8 Å². The summed E-state index contributed by atoms with van der Waals surface area (Å²) in [6.07, 6.45) is 7.11. The van der Waals surface area contributed by atoms with Crippen molar-refractivity contribution in [2.45, 2.75) is 56.0 Å². The van der Waals surface area contributed by atoms with Crippen molar-refractivity contribution < 1.29 is 27.8 Å². The molecule has 3 unspecified atom stereocenters. The van der Waals surface area contributed by atoms with E-state index >= 15 is 0 Å². The van der Waals surface area contributed by atoms with Crippen molar-refractivity contribution >= 4 is 27.7 Å². The molecule has 9 nitrogen and oxygen atoms in total. The Morgan fingerprint density at radius 3 is 2.58 bits per heavy atom. The number of aliphatic hydroxyl groups is 1. The minimum absolute atomic E-state index is 0.0284. The molecule has 1 amide bonds. The molecule has 2 aliphatic heterocycles. The number of hydrogen-bond donors (Lipinski definition) is 3. The van der Waals surface area contributed by atoms with E-state index in [9.17, 15) is 18.3 Å². The van der Waals surface area contributed by atoms with Gasteiger partial charge in [0.2, 0.25) is 10.0 Å². The fraction of sp³-hybridized carbons (Fsp3) is 0.406. The number of amides is 1. The molecule has 2 aliphatic carbocycles. The van der Waals surface area contributed by atoms with Crippen molar-refractivity contribution in [3.63, 3.8) is 0 Å². The molecule has 228 valence electrons. The second-order valence-electron chi connectivity index (χ2n) is 11.5. The van der Waals surface area contributed by atoms with Gasteiger partial charge in [-0.2, -0.15) is 0 Å². The highest BCUT2D eigenvalue weighted by Crippen LogP contribution is 2.45. The number of allylic oxidation sites excluding steroid dienone is 2. The number of fused-ring (bicyclic) bond motifs is 2. The average molecular weight is 626 g/mol. The smallest absolute Gasteiger partial charge is 0.416 e. The van der Waals surface area contributed by atoms with E-state index in [-0.39, 0.29) is 42.8 Å². The third kappa shape index (κ3) is 6.77. The van der Waals surface area contributed by atoms with Gasteiger partial charge in [0, 0.05) is 36.2 Å². The molecule has 0 aromatic heterocycles. The lowest BCUT2D eigenvalue weighted by molar-refractivity contribution is 0.134. The first-order chi connectivity index (χ1) is 20.7. The lowest BCUT2D eigenvalue weighted by atomic mass is 9.85. The van der Waals surface area contributed by atoms with Gasteiger partial charge in [0.25, 0.3) is 0 Å². The molecule has 2 aromatic rings. The summed E-state index contributed by atoms with van der Waals surface area (Å²) >= 11 is 6.36. The standard InChI is InChI=1S/C32H36ClN3O6S/c1-20-2-7-25(8-3-20)42-32(38)36-16-14-27-28-18-22(33)6-13-29(28)35-30(27)31(36)21-4-9-24(10-5-21)41-17-15-23(37)19-34-43(39,40)26-11-12-26/h2-10,13,18,23,26,28-29,31,34-35,37H,11-12,14-17,19H2,1H3/t23?,28?,29?,31-/m0/s1. The summed E-state index contributed by atoms with van der Waals surface area (Å²) in [5.74, 6) is 1.23. The summed E-state index contributed by atoms with van der Waals surface area (Å²) in [6.45, 7) is 2.67. The van der Waals surface area contributed by atoms with Gasteiger partial charge < -0.3 is 19.9 Å². The topological polar surface area (TPSA) is 117 Å². The molecule has 2 heterocycles. The first-order valence-corrected chi connectivity index (χ1v) is 16.6. The summed E-state index contributed by atoms with van der Waals surface area (Å²) in [7, 11) is -3.33. The van der Waals surface area contributed by atoms with Crippen molar-refractivity contribution in [3.05, 3.63) is 94.2 Å². The number of nitrogens with zero attached hydrogens (tertiary/aromatic N) is 1. The number of carbonyl (C=O) groups excluding carboxylic acids is 1. The van der Waals surface area contributed by atoms with E-state index in [1.807, 2.05) is 49.4 Å². The van der Waals surface area contributed by atoms with Gasteiger partial charge in [-0.3, -0.25) is 4.90 Å². The maximum atomic E-state index is 13.5. The lowest BCUT2D eigenvalue weighted by Gasteiger charge is -2.37. The van der Waals surface area contributed by atoms with Crippen molar-refractivity contribution in [1.82, 2.24) is 14.9 Å². The van der Waals surface area contributed by atoms with Gasteiger partial charge in [-0.1, -0.05) is 53.6 Å². The van der Waals surface area contributed by atoms with Crippen LogP contribution in [0.25, 0.3) is 0 Å². The SMILES string of the molecule is Cc1ccc(OC(=O)N2CCC3=C(NC4C=CC(Cl)=CC34)[C@@H]2c2ccc(OCCC(O)CNS(=O)(=O)C3CC3)cc2)cc1. The van der Waals surface area contributed by atoms with Crippen LogP contribution in [0.1, 0.15) is 42.9 Å². The predicted molar refractivity (Wildman–Crippen MR) is 164 cm³/mol. The fourth-order valence-electron chi connectivity index (χ4n) is 5.81. The number of sulfonamides is 1. The zero-order chi connectivity index (χ0) is 30.1. The normalized spacial score (nSPS) is 23.7. The summed E-state index contributed by atoms with van der Waals surface area (Å²) in [6, 6.07) is 14.6. The molecule has 0 saturated heterocycles. The van der Waals surface area contributed by atoms with Crippen molar-refractivity contribution in [3.8, 4) is 11.5 Å². The zero-order valence-corrected chi connectivity index (χ0v) is 25.5. The minimum atomic E-state index is -3.33. The molecule has 43 heavy (non-hydrogen) atoms. The Morgan fingerprint density at radius 2 is 1.86 bits per heavy atom. The van der Waals surface area contributed by atoms with Gasteiger partial charge >= 0.3 is 6.09 Å². The third-order valence-corrected chi connectivity index (χ3v) is 10.5. The monoisotopic (exact) mass is 625 g/mol. The van der Waals surface area contributed by atoms with Crippen molar-refractivity contribution in [2.75, 3.05) is 19.7 Å². The largest absolute Gasteiger partial charge is 0.493 e. The van der Waals surface area contributed by atoms with E-state index < -0.39 is 22.2 Å². The molecule has 11 heteroatoms. The molecule has 2 aromatic carbocycles. The molecule has 4 aliphatic rings. The van der Waals surface area contributed by atoms with Crippen LogP contribution in [0.5, 0.6) is 11.5 Å². The maximum Gasteiger partial charge on any atom is 0.416 e. The quantitative estimate of drug-likeness (QED) is 0.351. The van der Waals surface area contributed by atoms with E-state index in [0.29, 0.717) is 42.3 Å². The van der Waals surface area contributed by atoms with E-state index in [1.165, 1.54) is 5.57 Å². The number of aliphatic hydroxyl groups excluding tert-OH is 1. The molecule has 4 atom stereocenters. The van der Waals surface area contributed by atoms with Crippen LogP contribution >= 0.6 is 11.6 Å².